The Kier molecular flexibility index (Phi) is 7.24. The second kappa shape index (κ2) is 10.3. The number of rotatable bonds is 7. The summed E-state index contributed by atoms with van der Waals surface area (Å²) in [6.45, 7) is 5.39. The lowest BCUT2D eigenvalue weighted by Crippen LogP contribution is -2.35. The van der Waals surface area contributed by atoms with E-state index in [2.05, 4.69) is 41.4 Å². The molecule has 4 rings (SSSR count). The first-order chi connectivity index (χ1) is 15.5. The minimum Gasteiger partial charge on any atom is -0.356 e. The summed E-state index contributed by atoms with van der Waals surface area (Å²) in [4.78, 5) is 38.1. The van der Waals surface area contributed by atoms with Crippen molar-refractivity contribution in [2.45, 2.75) is 32.6 Å². The first-order valence-electron chi connectivity index (χ1n) is 11.2. The zero-order valence-electron chi connectivity index (χ0n) is 18.3. The van der Waals surface area contributed by atoms with E-state index in [4.69, 9.17) is 0 Å². The molecule has 1 aromatic carbocycles. The predicted molar refractivity (Wildman–Crippen MR) is 129 cm³/mol. The van der Waals surface area contributed by atoms with Gasteiger partial charge in [-0.2, -0.15) is 4.98 Å². The molecule has 2 aliphatic heterocycles. The van der Waals surface area contributed by atoms with Crippen LogP contribution in [0, 0.1) is 12.8 Å². The molecule has 2 amide bonds. The van der Waals surface area contributed by atoms with Gasteiger partial charge in [0.1, 0.15) is 5.82 Å². The van der Waals surface area contributed by atoms with Crippen LogP contribution in [0.15, 0.2) is 34.8 Å². The van der Waals surface area contributed by atoms with Gasteiger partial charge in [0.25, 0.3) is 0 Å². The van der Waals surface area contributed by atoms with Crippen molar-refractivity contribution < 1.29 is 9.59 Å². The molecule has 0 spiro atoms. The lowest BCUT2D eigenvalue weighted by Gasteiger charge is -2.28. The Morgan fingerprint density at radius 2 is 1.97 bits per heavy atom. The topological polar surface area (TPSA) is 90.5 Å². The van der Waals surface area contributed by atoms with E-state index in [9.17, 15) is 9.59 Å². The molecule has 2 aliphatic rings. The van der Waals surface area contributed by atoms with Crippen molar-refractivity contribution in [1.29, 1.82) is 0 Å². The highest BCUT2D eigenvalue weighted by Crippen LogP contribution is 2.27. The number of benzene rings is 1. The van der Waals surface area contributed by atoms with Crippen molar-refractivity contribution in [2.24, 2.45) is 5.92 Å². The number of hydrogen-bond donors (Lipinski definition) is 2. The Balaban J connectivity index is 1.26. The monoisotopic (exact) mass is 500 g/mol. The van der Waals surface area contributed by atoms with Gasteiger partial charge < -0.3 is 20.4 Å². The van der Waals surface area contributed by atoms with Crippen LogP contribution >= 0.6 is 15.9 Å². The number of anilines is 3. The Labute approximate surface area is 196 Å². The molecule has 170 valence electrons. The first-order valence-corrected chi connectivity index (χ1v) is 12.0. The highest BCUT2D eigenvalue weighted by Gasteiger charge is 2.35. The van der Waals surface area contributed by atoms with Gasteiger partial charge >= 0.3 is 0 Å². The third kappa shape index (κ3) is 5.56. The predicted octanol–water partition coefficient (Wildman–Crippen LogP) is 3.12. The number of amides is 2. The van der Waals surface area contributed by atoms with Gasteiger partial charge in [-0.25, -0.2) is 4.98 Å². The van der Waals surface area contributed by atoms with Gasteiger partial charge in [-0.15, -0.1) is 0 Å². The summed E-state index contributed by atoms with van der Waals surface area (Å²) in [5.41, 5.74) is 1.73. The molecule has 0 aliphatic carbocycles. The molecule has 9 heteroatoms. The van der Waals surface area contributed by atoms with Crippen molar-refractivity contribution in [2.75, 3.05) is 47.8 Å². The number of carbonyl (C=O) groups excluding carboxylic acids is 2. The molecule has 3 heterocycles. The van der Waals surface area contributed by atoms with Crippen LogP contribution in [0.2, 0.25) is 0 Å². The van der Waals surface area contributed by atoms with Crippen LogP contribution in [0.1, 0.15) is 31.4 Å². The van der Waals surface area contributed by atoms with Crippen molar-refractivity contribution in [3.05, 3.63) is 40.5 Å². The number of aromatic nitrogens is 2. The van der Waals surface area contributed by atoms with Crippen molar-refractivity contribution in [1.82, 2.24) is 15.3 Å². The number of halogens is 1. The number of carbonyl (C=O) groups is 2. The minimum atomic E-state index is -0.345. The molecule has 0 radical (unpaired) electrons. The van der Waals surface area contributed by atoms with E-state index >= 15 is 0 Å². The summed E-state index contributed by atoms with van der Waals surface area (Å²) in [5.74, 6) is 1.07. The van der Waals surface area contributed by atoms with E-state index in [1.54, 1.807) is 4.90 Å². The maximum atomic E-state index is 12.6. The molecule has 0 bridgehead atoms. The second-order valence-corrected chi connectivity index (χ2v) is 9.26. The normalized spacial score (nSPS) is 18.7. The quantitative estimate of drug-likeness (QED) is 0.567. The highest BCUT2D eigenvalue weighted by molar-refractivity contribution is 9.10. The maximum absolute atomic E-state index is 12.6. The molecule has 8 nitrogen and oxygen atoms in total. The van der Waals surface area contributed by atoms with E-state index in [1.807, 2.05) is 37.3 Å². The second-order valence-electron chi connectivity index (χ2n) is 8.34. The average Bonchev–Trinajstić information content (AvgIpc) is 3.18. The summed E-state index contributed by atoms with van der Waals surface area (Å²) in [6.07, 6.45) is 3.89. The molecule has 2 fully saturated rings. The van der Waals surface area contributed by atoms with Crippen LogP contribution in [0.4, 0.5) is 17.5 Å². The molecule has 1 unspecified atom stereocenters. The minimum absolute atomic E-state index is 0.0280. The zero-order chi connectivity index (χ0) is 22.5. The molecule has 1 aromatic heterocycles. The summed E-state index contributed by atoms with van der Waals surface area (Å²) in [6, 6.07) is 9.59. The maximum Gasteiger partial charge on any atom is 0.227 e. The van der Waals surface area contributed by atoms with Crippen LogP contribution in [0.5, 0.6) is 0 Å². The molecule has 0 saturated carbocycles. The lowest BCUT2D eigenvalue weighted by atomic mass is 10.1. The fraction of sp³-hybridized carbons (Fsp3) is 0.478. The number of hydrogen-bond acceptors (Lipinski definition) is 6. The third-order valence-electron chi connectivity index (χ3n) is 5.84. The van der Waals surface area contributed by atoms with Crippen LogP contribution in [0.3, 0.4) is 0 Å². The standard InChI is InChI=1S/C23H29BrN6O2/c1-16-12-20(29-10-3-2-4-11-29)28-23(27-16)26-9-8-25-22(32)17-13-21(31)30(15-17)19-7-5-6-18(24)14-19/h5-7,12,14,17H,2-4,8-11,13,15H2,1H3,(H,25,32)(H,26,27,28). The van der Waals surface area contributed by atoms with Gasteiger partial charge in [-0.3, -0.25) is 9.59 Å². The van der Waals surface area contributed by atoms with Crippen molar-refractivity contribution >= 4 is 45.2 Å². The van der Waals surface area contributed by atoms with E-state index in [0.29, 0.717) is 25.6 Å². The van der Waals surface area contributed by atoms with Gasteiger partial charge in [0.05, 0.1) is 5.92 Å². The Bertz CT molecular complexity index is 979. The third-order valence-corrected chi connectivity index (χ3v) is 6.34. The van der Waals surface area contributed by atoms with Gasteiger partial charge in [-0.1, -0.05) is 22.0 Å². The van der Waals surface area contributed by atoms with Crippen molar-refractivity contribution in [3.63, 3.8) is 0 Å². The number of nitrogens with zero attached hydrogens (tertiary/aromatic N) is 4. The lowest BCUT2D eigenvalue weighted by molar-refractivity contribution is -0.126. The number of aryl methyl sites for hydroxylation is 1. The van der Waals surface area contributed by atoms with Gasteiger partial charge in [-0.05, 0) is 44.4 Å². The van der Waals surface area contributed by atoms with E-state index < -0.39 is 0 Å². The summed E-state index contributed by atoms with van der Waals surface area (Å²) in [7, 11) is 0. The Morgan fingerprint density at radius 3 is 2.75 bits per heavy atom. The number of nitrogens with one attached hydrogen (secondary N) is 2. The smallest absolute Gasteiger partial charge is 0.227 e. The van der Waals surface area contributed by atoms with E-state index in [0.717, 1.165) is 34.8 Å². The largest absolute Gasteiger partial charge is 0.356 e. The Hall–Kier alpha value is -2.68. The molecule has 1 atom stereocenters. The van der Waals surface area contributed by atoms with Crippen LogP contribution in [-0.4, -0.2) is 54.5 Å². The Morgan fingerprint density at radius 1 is 1.16 bits per heavy atom. The number of piperidine rings is 1. The van der Waals surface area contributed by atoms with Gasteiger partial charge in [0.2, 0.25) is 17.8 Å². The molecule has 32 heavy (non-hydrogen) atoms. The van der Waals surface area contributed by atoms with Crippen LogP contribution in [-0.2, 0) is 9.59 Å². The highest BCUT2D eigenvalue weighted by atomic mass is 79.9. The zero-order valence-corrected chi connectivity index (χ0v) is 19.9. The molecule has 2 N–H and O–H groups in total. The van der Waals surface area contributed by atoms with Crippen LogP contribution < -0.4 is 20.4 Å². The fourth-order valence-electron chi connectivity index (χ4n) is 4.20. The van der Waals surface area contributed by atoms with E-state index in [-0.39, 0.29) is 24.2 Å². The molecule has 2 aromatic rings. The fourth-order valence-corrected chi connectivity index (χ4v) is 4.58. The summed E-state index contributed by atoms with van der Waals surface area (Å²) in [5, 5.41) is 6.15. The van der Waals surface area contributed by atoms with Gasteiger partial charge in [0.15, 0.2) is 0 Å². The van der Waals surface area contributed by atoms with E-state index in [1.165, 1.54) is 19.3 Å². The average molecular weight is 501 g/mol. The molecular formula is C23H29BrN6O2. The molecular weight excluding hydrogens is 472 g/mol. The van der Waals surface area contributed by atoms with Crippen LogP contribution in [0.25, 0.3) is 0 Å². The van der Waals surface area contributed by atoms with Gasteiger partial charge in [0, 0.05) is 61.1 Å². The van der Waals surface area contributed by atoms with Crippen molar-refractivity contribution in [3.8, 4) is 0 Å². The summed E-state index contributed by atoms with van der Waals surface area (Å²) >= 11 is 3.43. The first kappa shape index (κ1) is 22.5. The SMILES string of the molecule is Cc1cc(N2CCCCC2)nc(NCCNC(=O)C2CC(=O)N(c3cccc(Br)c3)C2)n1. The summed E-state index contributed by atoms with van der Waals surface area (Å²) < 4.78 is 0.906. The molecule has 2 saturated heterocycles.